The van der Waals surface area contributed by atoms with E-state index < -0.39 is 5.54 Å². The first kappa shape index (κ1) is 14.1. The summed E-state index contributed by atoms with van der Waals surface area (Å²) < 4.78 is 0. The molecule has 0 radical (unpaired) electrons. The van der Waals surface area contributed by atoms with E-state index in [4.69, 9.17) is 5.11 Å². The molecule has 2 fully saturated rings. The second-order valence-electron chi connectivity index (χ2n) is 5.94. The number of nitrogens with one attached hydrogen (secondary N) is 1. The van der Waals surface area contributed by atoms with Gasteiger partial charge in [0.05, 0.1) is 13.2 Å². The normalized spacial score (nSPS) is 20.9. The van der Waals surface area contributed by atoms with Crippen LogP contribution in [-0.4, -0.2) is 27.5 Å². The summed E-state index contributed by atoms with van der Waals surface area (Å²) in [7, 11) is 0. The van der Waals surface area contributed by atoms with Crippen molar-refractivity contribution < 1.29 is 14.7 Å². The summed E-state index contributed by atoms with van der Waals surface area (Å²) >= 11 is 0. The highest BCUT2D eigenvalue weighted by Gasteiger charge is 2.51. The lowest BCUT2D eigenvalue weighted by atomic mass is 9.82. The fourth-order valence-corrected chi connectivity index (χ4v) is 3.25. The third-order valence-electron chi connectivity index (χ3n) is 4.50. The number of urea groups is 1. The lowest BCUT2D eigenvalue weighted by molar-refractivity contribution is -0.132. The van der Waals surface area contributed by atoms with Crippen molar-refractivity contribution in [3.8, 4) is 0 Å². The van der Waals surface area contributed by atoms with E-state index in [0.717, 1.165) is 43.2 Å². The van der Waals surface area contributed by atoms with Gasteiger partial charge in [0.15, 0.2) is 0 Å². The van der Waals surface area contributed by atoms with Gasteiger partial charge in [0.2, 0.25) is 0 Å². The van der Waals surface area contributed by atoms with Crippen LogP contribution in [0.5, 0.6) is 0 Å². The molecule has 0 bridgehead atoms. The Morgan fingerprint density at radius 1 is 1.05 bits per heavy atom. The summed E-state index contributed by atoms with van der Waals surface area (Å²) in [6, 6.07) is 7.03. The molecule has 1 aliphatic carbocycles. The van der Waals surface area contributed by atoms with Crippen molar-refractivity contribution in [1.29, 1.82) is 0 Å². The van der Waals surface area contributed by atoms with Gasteiger partial charge in [-0.3, -0.25) is 9.69 Å². The molecule has 1 heterocycles. The van der Waals surface area contributed by atoms with E-state index in [2.05, 4.69) is 5.32 Å². The maximum atomic E-state index is 12.6. The third-order valence-corrected chi connectivity index (χ3v) is 4.50. The molecule has 5 nitrogen and oxygen atoms in total. The Kier molecular flexibility index (Phi) is 3.68. The van der Waals surface area contributed by atoms with Gasteiger partial charge in [-0.25, -0.2) is 4.79 Å². The van der Waals surface area contributed by atoms with E-state index in [1.165, 1.54) is 4.90 Å². The molecule has 1 saturated heterocycles. The molecule has 0 atom stereocenters. The Morgan fingerprint density at radius 3 is 2.29 bits per heavy atom. The van der Waals surface area contributed by atoms with E-state index in [9.17, 15) is 9.59 Å². The van der Waals surface area contributed by atoms with Gasteiger partial charge in [-0.05, 0) is 24.0 Å². The number of hydrogen-bond acceptors (Lipinski definition) is 3. The molecule has 3 rings (SSSR count). The van der Waals surface area contributed by atoms with Crippen molar-refractivity contribution >= 4 is 11.9 Å². The van der Waals surface area contributed by atoms with E-state index >= 15 is 0 Å². The van der Waals surface area contributed by atoms with Crippen molar-refractivity contribution in [2.45, 2.75) is 50.8 Å². The average Bonchev–Trinajstić information content (AvgIpc) is 2.73. The van der Waals surface area contributed by atoms with Crippen LogP contribution in [0.2, 0.25) is 0 Å². The summed E-state index contributed by atoms with van der Waals surface area (Å²) in [6.07, 6.45) is 4.61. The summed E-state index contributed by atoms with van der Waals surface area (Å²) in [5.41, 5.74) is 1.06. The molecule has 3 amide bonds. The number of hydrogen-bond donors (Lipinski definition) is 2. The number of rotatable bonds is 3. The van der Waals surface area contributed by atoms with Gasteiger partial charge in [0.25, 0.3) is 5.91 Å². The van der Waals surface area contributed by atoms with Crippen LogP contribution in [0.15, 0.2) is 24.3 Å². The number of imide groups is 1. The van der Waals surface area contributed by atoms with Crippen LogP contribution in [0.1, 0.15) is 43.2 Å². The summed E-state index contributed by atoms with van der Waals surface area (Å²) in [5.74, 6) is -0.0848. The number of benzene rings is 1. The first-order valence-corrected chi connectivity index (χ1v) is 7.47. The third kappa shape index (κ3) is 2.53. The highest BCUT2D eigenvalue weighted by molar-refractivity contribution is 6.07. The van der Waals surface area contributed by atoms with Crippen molar-refractivity contribution in [1.82, 2.24) is 10.2 Å². The Balaban J connectivity index is 1.75. The Hall–Kier alpha value is -1.88. The lowest BCUT2D eigenvalue weighted by Crippen LogP contribution is -2.48. The van der Waals surface area contributed by atoms with Crippen LogP contribution in [-0.2, 0) is 17.9 Å². The maximum absolute atomic E-state index is 12.6. The van der Waals surface area contributed by atoms with E-state index in [0.29, 0.717) is 0 Å². The number of aliphatic hydroxyl groups excluding tert-OH is 1. The number of carbonyl (C=O) groups excluding carboxylic acids is 2. The zero-order valence-corrected chi connectivity index (χ0v) is 12.0. The van der Waals surface area contributed by atoms with Gasteiger partial charge in [-0.2, -0.15) is 0 Å². The van der Waals surface area contributed by atoms with Gasteiger partial charge in [-0.15, -0.1) is 0 Å². The topological polar surface area (TPSA) is 69.6 Å². The first-order chi connectivity index (χ1) is 10.1. The predicted octanol–water partition coefficient (Wildman–Crippen LogP) is 1.93. The van der Waals surface area contributed by atoms with Crippen molar-refractivity contribution in [2.24, 2.45) is 0 Å². The van der Waals surface area contributed by atoms with Crippen molar-refractivity contribution in [3.63, 3.8) is 0 Å². The van der Waals surface area contributed by atoms with Gasteiger partial charge >= 0.3 is 6.03 Å². The average molecular weight is 288 g/mol. The van der Waals surface area contributed by atoms with E-state index in [1.807, 2.05) is 24.3 Å². The second-order valence-corrected chi connectivity index (χ2v) is 5.94. The maximum Gasteiger partial charge on any atom is 0.325 e. The van der Waals surface area contributed by atoms with Gasteiger partial charge in [0, 0.05) is 0 Å². The fraction of sp³-hybridized carbons (Fsp3) is 0.500. The van der Waals surface area contributed by atoms with Crippen LogP contribution in [0, 0.1) is 0 Å². The van der Waals surface area contributed by atoms with Gasteiger partial charge < -0.3 is 10.4 Å². The minimum Gasteiger partial charge on any atom is -0.392 e. The molecule has 5 heteroatoms. The molecule has 0 unspecified atom stereocenters. The predicted molar refractivity (Wildman–Crippen MR) is 77.3 cm³/mol. The highest BCUT2D eigenvalue weighted by atomic mass is 16.3. The Bertz CT molecular complexity index is 547. The smallest absolute Gasteiger partial charge is 0.325 e. The Labute approximate surface area is 123 Å². The minimum atomic E-state index is -0.652. The van der Waals surface area contributed by atoms with Crippen molar-refractivity contribution in [3.05, 3.63) is 35.4 Å². The molecular formula is C16H20N2O3. The molecule has 1 aromatic rings. The number of carbonyl (C=O) groups is 2. The molecule has 0 aromatic heterocycles. The summed E-state index contributed by atoms with van der Waals surface area (Å²) in [5, 5.41) is 11.9. The standard InChI is InChI=1S/C16H20N2O3/c19-11-13-6-4-12(5-7-13)10-18-14(20)16(17-15(18)21)8-2-1-3-9-16/h4-7,19H,1-3,8-11H2,(H,17,21). The zero-order valence-electron chi connectivity index (χ0n) is 12.0. The molecule has 112 valence electrons. The SMILES string of the molecule is O=C1NC2(CCCCC2)C(=O)N1Cc1ccc(CO)cc1. The van der Waals surface area contributed by atoms with Crippen LogP contribution >= 0.6 is 0 Å². The molecule has 1 spiro atoms. The van der Waals surface area contributed by atoms with E-state index in [-0.39, 0.29) is 25.1 Å². The number of aliphatic hydroxyl groups is 1. The van der Waals surface area contributed by atoms with Crippen LogP contribution < -0.4 is 5.32 Å². The number of nitrogens with zero attached hydrogens (tertiary/aromatic N) is 1. The first-order valence-electron chi connectivity index (χ1n) is 7.47. The Morgan fingerprint density at radius 2 is 1.67 bits per heavy atom. The zero-order chi connectivity index (χ0) is 14.9. The minimum absolute atomic E-state index is 0.00742. The molecule has 21 heavy (non-hydrogen) atoms. The summed E-state index contributed by atoms with van der Waals surface area (Å²) in [4.78, 5) is 26.1. The van der Waals surface area contributed by atoms with Crippen LogP contribution in [0.3, 0.4) is 0 Å². The number of amides is 3. The fourth-order valence-electron chi connectivity index (χ4n) is 3.25. The highest BCUT2D eigenvalue weighted by Crippen LogP contribution is 2.34. The second kappa shape index (κ2) is 5.48. The largest absolute Gasteiger partial charge is 0.392 e. The quantitative estimate of drug-likeness (QED) is 0.835. The van der Waals surface area contributed by atoms with Crippen molar-refractivity contribution in [2.75, 3.05) is 0 Å². The summed E-state index contributed by atoms with van der Waals surface area (Å²) in [6.45, 7) is 0.282. The lowest BCUT2D eigenvalue weighted by Gasteiger charge is -2.30. The molecular weight excluding hydrogens is 268 g/mol. The van der Waals surface area contributed by atoms with Crippen LogP contribution in [0.25, 0.3) is 0 Å². The monoisotopic (exact) mass is 288 g/mol. The van der Waals surface area contributed by atoms with Gasteiger partial charge in [0.1, 0.15) is 5.54 Å². The van der Waals surface area contributed by atoms with Gasteiger partial charge in [-0.1, -0.05) is 43.5 Å². The molecule has 1 saturated carbocycles. The molecule has 2 N–H and O–H groups in total. The molecule has 2 aliphatic rings. The molecule has 1 aromatic carbocycles. The van der Waals surface area contributed by atoms with Crippen LogP contribution in [0.4, 0.5) is 4.79 Å². The molecule has 1 aliphatic heterocycles. The van der Waals surface area contributed by atoms with E-state index in [1.54, 1.807) is 0 Å².